The molecule has 0 saturated heterocycles. The third kappa shape index (κ3) is 5.69. The molecule has 6 nitrogen and oxygen atoms in total. The fourth-order valence-corrected chi connectivity index (χ4v) is 1.41. The zero-order valence-corrected chi connectivity index (χ0v) is 10.9. The highest BCUT2D eigenvalue weighted by Gasteiger charge is 2.13. The van der Waals surface area contributed by atoms with Crippen LogP contribution in [-0.2, 0) is 20.9 Å². The molecule has 0 heterocycles. The Hall–Kier alpha value is -1.63. The molecule has 0 fully saturated rings. The van der Waals surface area contributed by atoms with Crippen LogP contribution in [0.5, 0.6) is 5.75 Å². The molecule has 0 spiro atoms. The van der Waals surface area contributed by atoms with E-state index in [1.807, 2.05) is 12.1 Å². The molecule has 0 aliphatic carbocycles. The number of methoxy groups -OCH3 is 1. The first kappa shape index (κ1) is 15.4. The molecule has 0 aromatic heterocycles. The summed E-state index contributed by atoms with van der Waals surface area (Å²) in [7, 11) is 1.28. The maximum atomic E-state index is 11.1. The second-order valence-corrected chi connectivity index (χ2v) is 3.86. The molecule has 0 aliphatic rings. The van der Waals surface area contributed by atoms with Crippen molar-refractivity contribution in [3.63, 3.8) is 0 Å². The summed E-state index contributed by atoms with van der Waals surface area (Å²) in [5.41, 5.74) is 6.43. The maximum absolute atomic E-state index is 11.1. The van der Waals surface area contributed by atoms with Crippen molar-refractivity contribution in [2.24, 2.45) is 5.73 Å². The Morgan fingerprint density at radius 2 is 2.26 bits per heavy atom. The molecule has 0 amide bonds. The highest BCUT2D eigenvalue weighted by molar-refractivity contribution is 5.75. The number of nitrogens with two attached hydrogens (primary N) is 1. The number of hydrogen-bond donors (Lipinski definition) is 2. The lowest BCUT2D eigenvalue weighted by Gasteiger charge is -2.11. The summed E-state index contributed by atoms with van der Waals surface area (Å²) in [6, 6.07) is 6.51. The van der Waals surface area contributed by atoms with E-state index in [0.29, 0.717) is 12.4 Å². The summed E-state index contributed by atoms with van der Waals surface area (Å²) in [6.07, 6.45) is 0. The number of esters is 1. The summed E-state index contributed by atoms with van der Waals surface area (Å²) in [5.74, 6) is 0.160. The molecule has 19 heavy (non-hydrogen) atoms. The summed E-state index contributed by atoms with van der Waals surface area (Å²) in [5, 5.41) is 8.67. The van der Waals surface area contributed by atoms with Gasteiger partial charge in [-0.05, 0) is 17.7 Å². The molecule has 0 aliphatic heterocycles. The fourth-order valence-electron chi connectivity index (χ4n) is 1.41. The van der Waals surface area contributed by atoms with Gasteiger partial charge in [0.2, 0.25) is 0 Å². The van der Waals surface area contributed by atoms with Gasteiger partial charge in [0, 0.05) is 0 Å². The lowest BCUT2D eigenvalue weighted by atomic mass is 10.2. The van der Waals surface area contributed by atoms with E-state index in [-0.39, 0.29) is 19.8 Å². The monoisotopic (exact) mass is 269 g/mol. The number of carbonyl (C=O) groups is 1. The molecular formula is C13H19NO5. The number of hydrogen-bond acceptors (Lipinski definition) is 6. The molecular weight excluding hydrogens is 250 g/mol. The first-order valence-corrected chi connectivity index (χ1v) is 5.91. The van der Waals surface area contributed by atoms with E-state index < -0.39 is 12.0 Å². The molecule has 1 rings (SSSR count). The fraction of sp³-hybridized carbons (Fsp3) is 0.462. The number of benzene rings is 1. The average molecular weight is 269 g/mol. The van der Waals surface area contributed by atoms with Crippen molar-refractivity contribution in [2.75, 3.05) is 26.9 Å². The molecule has 0 radical (unpaired) electrons. The molecule has 3 N–H and O–H groups in total. The number of ether oxygens (including phenoxy) is 3. The Kier molecular flexibility index (Phi) is 6.88. The van der Waals surface area contributed by atoms with Gasteiger partial charge >= 0.3 is 5.97 Å². The molecule has 1 atom stereocenters. The Labute approximate surface area is 112 Å². The Morgan fingerprint density at radius 3 is 2.95 bits per heavy atom. The number of rotatable bonds is 8. The van der Waals surface area contributed by atoms with Crippen molar-refractivity contribution >= 4 is 5.97 Å². The molecule has 1 unspecified atom stereocenters. The van der Waals surface area contributed by atoms with E-state index in [0.717, 1.165) is 5.56 Å². The first-order chi connectivity index (χ1) is 9.17. The van der Waals surface area contributed by atoms with Crippen molar-refractivity contribution in [2.45, 2.75) is 12.6 Å². The van der Waals surface area contributed by atoms with Crippen LogP contribution in [0.1, 0.15) is 5.56 Å². The SMILES string of the molecule is COC(=O)C(N)COCc1cccc(OCCO)c1. The van der Waals surface area contributed by atoms with Gasteiger partial charge in [-0.15, -0.1) is 0 Å². The van der Waals surface area contributed by atoms with E-state index in [4.69, 9.17) is 20.3 Å². The second-order valence-electron chi connectivity index (χ2n) is 3.86. The van der Waals surface area contributed by atoms with Crippen LogP contribution in [0.25, 0.3) is 0 Å². The largest absolute Gasteiger partial charge is 0.491 e. The van der Waals surface area contributed by atoms with Crippen LogP contribution in [0.2, 0.25) is 0 Å². The summed E-state index contributed by atoms with van der Waals surface area (Å²) in [4.78, 5) is 11.1. The number of aliphatic hydroxyl groups excluding tert-OH is 1. The van der Waals surface area contributed by atoms with Crippen LogP contribution >= 0.6 is 0 Å². The van der Waals surface area contributed by atoms with Crippen LogP contribution in [0.4, 0.5) is 0 Å². The highest BCUT2D eigenvalue weighted by atomic mass is 16.5. The van der Waals surface area contributed by atoms with Gasteiger partial charge in [-0.1, -0.05) is 12.1 Å². The van der Waals surface area contributed by atoms with Gasteiger partial charge in [-0.3, -0.25) is 4.79 Å². The summed E-state index contributed by atoms with van der Waals surface area (Å²) >= 11 is 0. The van der Waals surface area contributed by atoms with Crippen molar-refractivity contribution in [1.82, 2.24) is 0 Å². The van der Waals surface area contributed by atoms with Gasteiger partial charge in [-0.25, -0.2) is 0 Å². The third-order valence-corrected chi connectivity index (χ3v) is 2.33. The quantitative estimate of drug-likeness (QED) is 0.649. The topological polar surface area (TPSA) is 91.0 Å². The molecule has 1 aromatic carbocycles. The molecule has 6 heteroatoms. The van der Waals surface area contributed by atoms with Crippen molar-refractivity contribution in [3.8, 4) is 5.75 Å². The number of carbonyl (C=O) groups excluding carboxylic acids is 1. The average Bonchev–Trinajstić information content (AvgIpc) is 2.44. The minimum Gasteiger partial charge on any atom is -0.491 e. The van der Waals surface area contributed by atoms with Crippen LogP contribution in [0.15, 0.2) is 24.3 Å². The molecule has 0 bridgehead atoms. The Morgan fingerprint density at radius 1 is 1.47 bits per heavy atom. The summed E-state index contributed by atoms with van der Waals surface area (Å²) in [6.45, 7) is 0.627. The Bertz CT molecular complexity index is 396. The predicted molar refractivity (Wildman–Crippen MR) is 68.7 cm³/mol. The van der Waals surface area contributed by atoms with Crippen LogP contribution in [-0.4, -0.2) is 44.0 Å². The van der Waals surface area contributed by atoms with Gasteiger partial charge in [0.25, 0.3) is 0 Å². The summed E-state index contributed by atoms with van der Waals surface area (Å²) < 4.78 is 15.1. The third-order valence-electron chi connectivity index (χ3n) is 2.33. The lowest BCUT2D eigenvalue weighted by Crippen LogP contribution is -2.36. The van der Waals surface area contributed by atoms with Crippen LogP contribution in [0.3, 0.4) is 0 Å². The van der Waals surface area contributed by atoms with Gasteiger partial charge in [0.1, 0.15) is 18.4 Å². The smallest absolute Gasteiger partial charge is 0.325 e. The van der Waals surface area contributed by atoms with Crippen molar-refractivity contribution in [3.05, 3.63) is 29.8 Å². The van der Waals surface area contributed by atoms with Gasteiger partial charge in [-0.2, -0.15) is 0 Å². The van der Waals surface area contributed by atoms with E-state index in [9.17, 15) is 4.79 Å². The number of aliphatic hydroxyl groups is 1. The first-order valence-electron chi connectivity index (χ1n) is 5.91. The lowest BCUT2D eigenvalue weighted by molar-refractivity contribution is -0.143. The zero-order chi connectivity index (χ0) is 14.1. The van der Waals surface area contributed by atoms with E-state index >= 15 is 0 Å². The van der Waals surface area contributed by atoms with Crippen molar-refractivity contribution in [1.29, 1.82) is 0 Å². The second kappa shape index (κ2) is 8.47. The molecule has 1 aromatic rings. The molecule has 106 valence electrons. The van der Waals surface area contributed by atoms with Crippen LogP contribution in [0, 0.1) is 0 Å². The normalized spacial score (nSPS) is 11.9. The minimum atomic E-state index is -0.779. The van der Waals surface area contributed by atoms with E-state index in [1.54, 1.807) is 12.1 Å². The van der Waals surface area contributed by atoms with E-state index in [2.05, 4.69) is 4.74 Å². The standard InChI is InChI=1S/C13H19NO5/c1-17-13(16)12(14)9-18-8-10-3-2-4-11(7-10)19-6-5-15/h2-4,7,12,15H,5-6,8-9,14H2,1H3. The van der Waals surface area contributed by atoms with Gasteiger partial charge in [0.05, 0.1) is 26.9 Å². The minimum absolute atomic E-state index is 0.0330. The van der Waals surface area contributed by atoms with E-state index in [1.165, 1.54) is 7.11 Å². The van der Waals surface area contributed by atoms with Gasteiger partial charge in [0.15, 0.2) is 0 Å². The maximum Gasteiger partial charge on any atom is 0.325 e. The predicted octanol–water partition coefficient (Wildman–Crippen LogP) is 0.0746. The van der Waals surface area contributed by atoms with Gasteiger partial charge < -0.3 is 25.1 Å². The zero-order valence-electron chi connectivity index (χ0n) is 10.9. The van der Waals surface area contributed by atoms with Crippen LogP contribution < -0.4 is 10.5 Å². The Balaban J connectivity index is 2.38. The van der Waals surface area contributed by atoms with Crippen molar-refractivity contribution < 1.29 is 24.1 Å². The molecule has 0 saturated carbocycles. The highest BCUT2D eigenvalue weighted by Crippen LogP contribution is 2.14.